The van der Waals surface area contributed by atoms with Crippen LogP contribution >= 0.6 is 11.8 Å². The Labute approximate surface area is 162 Å². The van der Waals surface area contributed by atoms with Gasteiger partial charge in [0.2, 0.25) is 5.91 Å². The molecule has 7 nitrogen and oxygen atoms in total. The summed E-state index contributed by atoms with van der Waals surface area (Å²) >= 11 is 1.38. The number of hydrogen-bond acceptors (Lipinski definition) is 7. The van der Waals surface area contributed by atoms with E-state index in [1.54, 1.807) is 12.1 Å². The van der Waals surface area contributed by atoms with Gasteiger partial charge in [0.1, 0.15) is 11.9 Å². The number of benzene rings is 1. The van der Waals surface area contributed by atoms with Crippen LogP contribution in [0.4, 0.5) is 10.1 Å². The molecular formula is C18H25FN4O3S. The molecule has 0 spiro atoms. The van der Waals surface area contributed by atoms with Crippen LogP contribution in [0.25, 0.3) is 0 Å². The van der Waals surface area contributed by atoms with Crippen LogP contribution in [0, 0.1) is 11.7 Å². The number of nitrogens with zero attached hydrogens (tertiary/aromatic N) is 2. The number of likely N-dealkylation sites (N-methyl/N-ethyl adjacent to an activating group) is 1. The standard InChI is InChI=1S/C18H25FN4O3S/c1-23(2)8-7-20-17(26)12-9-13(24)15(25)14-16(12)27-18(22-14)21-11-5-3-10(19)4-6-11/h3-6,12-16,24-25H,7-9H2,1-2H3,(H,20,26)(H,21,22)/t12-,13+,14-,15-,16+/m0/s1. The fraction of sp³-hybridized carbons (Fsp3) is 0.556. The van der Waals surface area contributed by atoms with E-state index in [4.69, 9.17) is 0 Å². The van der Waals surface area contributed by atoms with E-state index in [9.17, 15) is 19.4 Å². The highest BCUT2D eigenvalue weighted by atomic mass is 32.2. The Kier molecular flexibility index (Phi) is 6.36. The van der Waals surface area contributed by atoms with Crippen LogP contribution in [0.3, 0.4) is 0 Å². The maximum absolute atomic E-state index is 13.1. The van der Waals surface area contributed by atoms with Gasteiger partial charge in [-0.25, -0.2) is 4.39 Å². The van der Waals surface area contributed by atoms with Crippen LogP contribution in [0.5, 0.6) is 0 Å². The highest BCUT2D eigenvalue weighted by molar-refractivity contribution is 8.15. The Morgan fingerprint density at radius 1 is 1.33 bits per heavy atom. The monoisotopic (exact) mass is 396 g/mol. The summed E-state index contributed by atoms with van der Waals surface area (Å²) in [5, 5.41) is 26.8. The smallest absolute Gasteiger partial charge is 0.224 e. The Hall–Kier alpha value is -1.68. The number of carbonyl (C=O) groups is 1. The number of anilines is 1. The van der Waals surface area contributed by atoms with Crippen LogP contribution in [0.1, 0.15) is 6.42 Å². The number of halogens is 1. The molecule has 1 aliphatic carbocycles. The predicted molar refractivity (Wildman–Crippen MR) is 104 cm³/mol. The molecule has 1 fully saturated rings. The van der Waals surface area contributed by atoms with Crippen molar-refractivity contribution < 1.29 is 19.4 Å². The molecule has 4 N–H and O–H groups in total. The molecule has 148 valence electrons. The first-order chi connectivity index (χ1) is 12.8. The summed E-state index contributed by atoms with van der Waals surface area (Å²) in [4.78, 5) is 19.1. The Bertz CT molecular complexity index is 700. The first-order valence-electron chi connectivity index (χ1n) is 8.91. The van der Waals surface area contributed by atoms with E-state index >= 15 is 0 Å². The van der Waals surface area contributed by atoms with Gasteiger partial charge >= 0.3 is 0 Å². The molecule has 1 aromatic rings. The number of aliphatic hydroxyl groups is 2. The van der Waals surface area contributed by atoms with Gasteiger partial charge in [-0.05, 0) is 44.8 Å². The maximum atomic E-state index is 13.1. The van der Waals surface area contributed by atoms with Crippen molar-refractivity contribution in [1.82, 2.24) is 10.2 Å². The molecule has 9 heteroatoms. The second-order valence-corrected chi connectivity index (χ2v) is 8.30. The van der Waals surface area contributed by atoms with Crippen LogP contribution < -0.4 is 10.6 Å². The number of aliphatic imine (C=N–C) groups is 1. The minimum Gasteiger partial charge on any atom is -0.390 e. The SMILES string of the molecule is CN(C)CCNC(=O)[C@H]1C[C@@H](O)[C@H](O)[C@@H]2N=C(Nc3ccc(F)cc3)S[C@@H]21. The molecule has 0 unspecified atom stereocenters. The lowest BCUT2D eigenvalue weighted by atomic mass is 9.81. The van der Waals surface area contributed by atoms with Gasteiger partial charge in [-0.15, -0.1) is 0 Å². The lowest BCUT2D eigenvalue weighted by molar-refractivity contribution is -0.129. The van der Waals surface area contributed by atoms with Crippen molar-refractivity contribution in [2.24, 2.45) is 10.9 Å². The molecule has 1 heterocycles. The number of hydrogen-bond donors (Lipinski definition) is 4. The number of fused-ring (bicyclic) bond motifs is 1. The Morgan fingerprint density at radius 3 is 2.70 bits per heavy atom. The molecule has 1 aliphatic heterocycles. The molecule has 2 aliphatic rings. The van der Waals surface area contributed by atoms with Crippen molar-refractivity contribution in [2.75, 3.05) is 32.5 Å². The Morgan fingerprint density at radius 2 is 2.04 bits per heavy atom. The summed E-state index contributed by atoms with van der Waals surface area (Å²) in [7, 11) is 3.86. The van der Waals surface area contributed by atoms with Gasteiger partial charge < -0.3 is 25.7 Å². The predicted octanol–water partition coefficient (Wildman–Crippen LogP) is 0.497. The van der Waals surface area contributed by atoms with E-state index in [-0.39, 0.29) is 23.4 Å². The lowest BCUT2D eigenvalue weighted by Gasteiger charge is -2.37. The molecule has 0 aromatic heterocycles. The molecule has 27 heavy (non-hydrogen) atoms. The summed E-state index contributed by atoms with van der Waals surface area (Å²) in [6.07, 6.45) is -1.81. The molecule has 1 aromatic carbocycles. The maximum Gasteiger partial charge on any atom is 0.224 e. The third-order valence-corrected chi connectivity index (χ3v) is 6.09. The first-order valence-corrected chi connectivity index (χ1v) is 9.78. The number of amidine groups is 1. The molecule has 5 atom stereocenters. The highest BCUT2D eigenvalue weighted by Crippen LogP contribution is 2.41. The zero-order valence-corrected chi connectivity index (χ0v) is 16.1. The number of rotatable bonds is 5. The minimum atomic E-state index is -1.01. The average molecular weight is 396 g/mol. The summed E-state index contributed by atoms with van der Waals surface area (Å²) in [5.74, 6) is -0.913. The fourth-order valence-electron chi connectivity index (χ4n) is 3.30. The van der Waals surface area contributed by atoms with E-state index < -0.39 is 24.2 Å². The normalized spacial score (nSPS) is 30.0. The van der Waals surface area contributed by atoms with Crippen LogP contribution in [0.15, 0.2) is 29.3 Å². The van der Waals surface area contributed by atoms with E-state index in [0.717, 1.165) is 6.54 Å². The number of thioether (sulfide) groups is 1. The van der Waals surface area contributed by atoms with Crippen LogP contribution in [-0.4, -0.2) is 76.9 Å². The third-order valence-electron chi connectivity index (χ3n) is 4.78. The topological polar surface area (TPSA) is 97.2 Å². The van der Waals surface area contributed by atoms with Gasteiger partial charge in [0.05, 0.1) is 18.1 Å². The second-order valence-electron chi connectivity index (χ2n) is 7.13. The highest BCUT2D eigenvalue weighted by Gasteiger charge is 2.50. The van der Waals surface area contributed by atoms with Crippen LogP contribution in [0.2, 0.25) is 0 Å². The number of amides is 1. The molecule has 0 bridgehead atoms. The first kappa shape index (κ1) is 20.1. The van der Waals surface area contributed by atoms with Crippen molar-refractivity contribution in [3.8, 4) is 0 Å². The summed E-state index contributed by atoms with van der Waals surface area (Å²) in [6.45, 7) is 1.24. The van der Waals surface area contributed by atoms with E-state index in [1.165, 1.54) is 23.9 Å². The van der Waals surface area contributed by atoms with Gasteiger partial charge in [-0.1, -0.05) is 11.8 Å². The van der Waals surface area contributed by atoms with Crippen molar-refractivity contribution in [3.63, 3.8) is 0 Å². The van der Waals surface area contributed by atoms with Crippen molar-refractivity contribution >= 4 is 28.5 Å². The molecular weight excluding hydrogens is 371 g/mol. The lowest BCUT2D eigenvalue weighted by Crippen LogP contribution is -2.54. The molecule has 0 radical (unpaired) electrons. The average Bonchev–Trinajstić information content (AvgIpc) is 3.03. The van der Waals surface area contributed by atoms with Crippen molar-refractivity contribution in [1.29, 1.82) is 0 Å². The fourth-order valence-corrected chi connectivity index (χ4v) is 4.68. The van der Waals surface area contributed by atoms with Crippen molar-refractivity contribution in [3.05, 3.63) is 30.1 Å². The quantitative estimate of drug-likeness (QED) is 0.579. The van der Waals surface area contributed by atoms with Crippen LogP contribution in [-0.2, 0) is 4.79 Å². The molecule has 3 rings (SSSR count). The summed E-state index contributed by atoms with van der Waals surface area (Å²) < 4.78 is 13.1. The minimum absolute atomic E-state index is 0.136. The zero-order valence-electron chi connectivity index (χ0n) is 15.3. The number of nitrogens with one attached hydrogen (secondary N) is 2. The van der Waals surface area contributed by atoms with E-state index in [1.807, 2.05) is 19.0 Å². The molecule has 1 saturated carbocycles. The summed E-state index contributed by atoms with van der Waals surface area (Å²) in [5.41, 5.74) is 0.670. The third kappa shape index (κ3) is 4.78. The number of carbonyl (C=O) groups excluding carboxylic acids is 1. The molecule has 0 saturated heterocycles. The van der Waals surface area contributed by atoms with E-state index in [2.05, 4.69) is 15.6 Å². The van der Waals surface area contributed by atoms with Gasteiger partial charge in [0, 0.05) is 24.0 Å². The van der Waals surface area contributed by atoms with E-state index in [0.29, 0.717) is 17.4 Å². The van der Waals surface area contributed by atoms with Crippen molar-refractivity contribution in [2.45, 2.75) is 29.9 Å². The number of aliphatic hydroxyl groups excluding tert-OH is 2. The largest absolute Gasteiger partial charge is 0.390 e. The summed E-state index contributed by atoms with van der Waals surface area (Å²) in [6, 6.07) is 5.31. The Balaban J connectivity index is 1.68. The zero-order chi connectivity index (χ0) is 19.6. The van der Waals surface area contributed by atoms with Gasteiger partial charge in [0.25, 0.3) is 0 Å². The van der Waals surface area contributed by atoms with Gasteiger partial charge in [-0.3, -0.25) is 9.79 Å². The second kappa shape index (κ2) is 8.55. The van der Waals surface area contributed by atoms with Gasteiger partial charge in [0.15, 0.2) is 5.17 Å². The van der Waals surface area contributed by atoms with Gasteiger partial charge in [-0.2, -0.15) is 0 Å². The molecule has 1 amide bonds.